The minimum absolute atomic E-state index is 0.00771. The van der Waals surface area contributed by atoms with Crippen molar-refractivity contribution in [2.75, 3.05) is 18.8 Å². The number of hydrogen-bond donors (Lipinski definition) is 1. The zero-order chi connectivity index (χ0) is 20.0. The van der Waals surface area contributed by atoms with Gasteiger partial charge in [0.2, 0.25) is 0 Å². The van der Waals surface area contributed by atoms with E-state index in [1.165, 1.54) is 0 Å². The van der Waals surface area contributed by atoms with Crippen LogP contribution in [0.5, 0.6) is 0 Å². The molecule has 2 atom stereocenters. The van der Waals surface area contributed by atoms with Crippen LogP contribution in [-0.2, 0) is 6.54 Å². The number of carbonyl (C=O) groups excluding carboxylic acids is 1. The van der Waals surface area contributed by atoms with Crippen LogP contribution in [-0.4, -0.2) is 38.4 Å². The molecule has 2 aliphatic rings. The fraction of sp³-hybridized carbons (Fsp3) is 0.273. The minimum atomic E-state index is -0.105. The molecule has 0 unspecified atom stereocenters. The molecule has 146 valence electrons. The van der Waals surface area contributed by atoms with E-state index in [1.54, 1.807) is 36.7 Å². The van der Waals surface area contributed by atoms with Crippen molar-refractivity contribution in [2.24, 2.45) is 5.92 Å². The van der Waals surface area contributed by atoms with Crippen molar-refractivity contribution < 1.29 is 4.79 Å². The molecule has 3 aromatic heterocycles. The second kappa shape index (κ2) is 6.84. The molecule has 29 heavy (non-hydrogen) atoms. The summed E-state index contributed by atoms with van der Waals surface area (Å²) < 4.78 is 1.87. The molecule has 0 aromatic carbocycles. The van der Waals surface area contributed by atoms with Crippen LogP contribution in [0.2, 0.25) is 0 Å². The first-order chi connectivity index (χ1) is 14.1. The van der Waals surface area contributed by atoms with Gasteiger partial charge >= 0.3 is 0 Å². The van der Waals surface area contributed by atoms with E-state index in [0.29, 0.717) is 31.1 Å². The van der Waals surface area contributed by atoms with E-state index in [9.17, 15) is 9.59 Å². The van der Waals surface area contributed by atoms with E-state index in [-0.39, 0.29) is 23.3 Å². The lowest BCUT2D eigenvalue weighted by atomic mass is 9.82. The molecule has 0 saturated carbocycles. The van der Waals surface area contributed by atoms with Gasteiger partial charge in [0.05, 0.1) is 0 Å². The molecular weight excluding hydrogens is 366 g/mol. The number of fused-ring (bicyclic) bond motifs is 4. The van der Waals surface area contributed by atoms with E-state index >= 15 is 0 Å². The Labute approximate surface area is 167 Å². The number of piperidine rings is 1. The Kier molecular flexibility index (Phi) is 4.16. The fourth-order valence-corrected chi connectivity index (χ4v) is 4.56. The molecule has 2 bridgehead atoms. The number of nitrogens with zero attached hydrogens (tertiary/aromatic N) is 4. The first kappa shape index (κ1) is 17.6. The highest BCUT2D eigenvalue weighted by atomic mass is 16.2. The predicted molar refractivity (Wildman–Crippen MR) is 109 cm³/mol. The maximum atomic E-state index is 13.0. The summed E-state index contributed by atoms with van der Waals surface area (Å²) in [5.74, 6) is 0.613. The van der Waals surface area contributed by atoms with Crippen molar-refractivity contribution >= 4 is 11.7 Å². The van der Waals surface area contributed by atoms with Gasteiger partial charge in [-0.15, -0.1) is 0 Å². The summed E-state index contributed by atoms with van der Waals surface area (Å²) in [7, 11) is 0. The molecular formula is C22H21N5O2. The molecule has 5 rings (SSSR count). The van der Waals surface area contributed by atoms with Crippen molar-refractivity contribution in [3.8, 4) is 11.1 Å². The van der Waals surface area contributed by atoms with Gasteiger partial charge in [-0.05, 0) is 42.2 Å². The van der Waals surface area contributed by atoms with Crippen molar-refractivity contribution in [2.45, 2.75) is 18.9 Å². The summed E-state index contributed by atoms with van der Waals surface area (Å²) in [5, 5.41) is 0. The molecule has 1 amide bonds. The van der Waals surface area contributed by atoms with E-state index < -0.39 is 0 Å². The van der Waals surface area contributed by atoms with Gasteiger partial charge in [-0.2, -0.15) is 0 Å². The maximum absolute atomic E-state index is 13.0. The third-order valence-corrected chi connectivity index (χ3v) is 5.83. The Hall–Kier alpha value is -3.48. The van der Waals surface area contributed by atoms with E-state index in [1.807, 2.05) is 21.6 Å². The Balaban J connectivity index is 1.49. The SMILES string of the molecule is Nc1cccc(C(=O)N2C[C@@H]3C[C@H](C2)c2cc(-c4cccnc4)cc(=O)n2C3)n1. The Morgan fingerprint density at radius 1 is 1.07 bits per heavy atom. The molecule has 0 aliphatic carbocycles. The van der Waals surface area contributed by atoms with Gasteiger partial charge in [0.25, 0.3) is 11.5 Å². The topological polar surface area (TPSA) is 94.1 Å². The molecule has 7 heteroatoms. The Morgan fingerprint density at radius 3 is 2.76 bits per heavy atom. The number of anilines is 1. The molecule has 2 aliphatic heterocycles. The second-order valence-electron chi connectivity index (χ2n) is 7.82. The number of likely N-dealkylation sites (tertiary alicyclic amines) is 1. The number of aromatic nitrogens is 3. The van der Waals surface area contributed by atoms with Crippen LogP contribution in [0.1, 0.15) is 28.5 Å². The van der Waals surface area contributed by atoms with Crippen molar-refractivity contribution in [3.63, 3.8) is 0 Å². The Bertz CT molecular complexity index is 1140. The summed E-state index contributed by atoms with van der Waals surface area (Å²) in [6, 6.07) is 12.7. The zero-order valence-corrected chi connectivity index (χ0v) is 15.9. The molecule has 2 N–H and O–H groups in total. The van der Waals surface area contributed by atoms with Gasteiger partial charge in [0.15, 0.2) is 0 Å². The summed E-state index contributed by atoms with van der Waals surface area (Å²) in [6.07, 6.45) is 4.46. The number of rotatable bonds is 2. The summed E-state index contributed by atoms with van der Waals surface area (Å²) in [5.41, 5.74) is 8.90. The van der Waals surface area contributed by atoms with Crippen molar-refractivity contribution in [3.05, 3.63) is 76.6 Å². The van der Waals surface area contributed by atoms with Crippen LogP contribution in [0, 0.1) is 5.92 Å². The first-order valence-corrected chi connectivity index (χ1v) is 9.75. The number of pyridine rings is 3. The Morgan fingerprint density at radius 2 is 1.97 bits per heavy atom. The number of hydrogen-bond acceptors (Lipinski definition) is 5. The van der Waals surface area contributed by atoms with Crippen LogP contribution < -0.4 is 11.3 Å². The maximum Gasteiger partial charge on any atom is 0.272 e. The second-order valence-corrected chi connectivity index (χ2v) is 7.82. The van der Waals surface area contributed by atoms with Crippen LogP contribution in [0.25, 0.3) is 11.1 Å². The van der Waals surface area contributed by atoms with Crippen molar-refractivity contribution in [1.29, 1.82) is 0 Å². The van der Waals surface area contributed by atoms with Gasteiger partial charge in [0, 0.05) is 55.3 Å². The molecule has 1 fully saturated rings. The molecule has 0 spiro atoms. The van der Waals surface area contributed by atoms with Gasteiger partial charge in [-0.1, -0.05) is 12.1 Å². The highest BCUT2D eigenvalue weighted by Crippen LogP contribution is 2.36. The fourth-order valence-electron chi connectivity index (χ4n) is 4.56. The van der Waals surface area contributed by atoms with Gasteiger partial charge < -0.3 is 15.2 Å². The highest BCUT2D eigenvalue weighted by Gasteiger charge is 2.37. The lowest BCUT2D eigenvalue weighted by Gasteiger charge is -2.42. The summed E-state index contributed by atoms with van der Waals surface area (Å²) in [6.45, 7) is 1.83. The average Bonchev–Trinajstić information content (AvgIpc) is 2.74. The van der Waals surface area contributed by atoms with Crippen LogP contribution in [0.3, 0.4) is 0 Å². The summed E-state index contributed by atoms with van der Waals surface area (Å²) in [4.78, 5) is 36.0. The summed E-state index contributed by atoms with van der Waals surface area (Å²) >= 11 is 0. The van der Waals surface area contributed by atoms with Gasteiger partial charge in [-0.3, -0.25) is 14.6 Å². The smallest absolute Gasteiger partial charge is 0.272 e. The number of nitrogen functional groups attached to an aromatic ring is 1. The molecule has 1 saturated heterocycles. The lowest BCUT2D eigenvalue weighted by Crippen LogP contribution is -2.49. The van der Waals surface area contributed by atoms with E-state index in [4.69, 9.17) is 5.73 Å². The first-order valence-electron chi connectivity index (χ1n) is 9.75. The van der Waals surface area contributed by atoms with Crippen LogP contribution in [0.4, 0.5) is 5.82 Å². The average molecular weight is 387 g/mol. The zero-order valence-electron chi connectivity index (χ0n) is 15.9. The van der Waals surface area contributed by atoms with Gasteiger partial charge in [0.1, 0.15) is 11.5 Å². The van der Waals surface area contributed by atoms with E-state index in [0.717, 1.165) is 23.2 Å². The predicted octanol–water partition coefficient (Wildman–Crippen LogP) is 2.15. The number of nitrogens with two attached hydrogens (primary N) is 1. The quantitative estimate of drug-likeness (QED) is 0.727. The van der Waals surface area contributed by atoms with Crippen molar-refractivity contribution in [1.82, 2.24) is 19.4 Å². The normalized spacial score (nSPS) is 20.2. The number of carbonyl (C=O) groups is 1. The highest BCUT2D eigenvalue weighted by molar-refractivity contribution is 5.92. The standard InChI is InChI=1S/C22H21N5O2/c23-20-5-1-4-18(25-20)22(29)26-11-14-7-17(13-26)19-8-16(9-21(28)27(19)12-14)15-3-2-6-24-10-15/h1-6,8-10,14,17H,7,11-13H2,(H2,23,25)/t14-,17+/m0/s1. The number of amides is 1. The molecule has 3 aromatic rings. The molecule has 7 nitrogen and oxygen atoms in total. The third kappa shape index (κ3) is 3.18. The lowest BCUT2D eigenvalue weighted by molar-refractivity contribution is 0.0589. The third-order valence-electron chi connectivity index (χ3n) is 5.83. The van der Waals surface area contributed by atoms with Crippen LogP contribution in [0.15, 0.2) is 59.7 Å². The minimum Gasteiger partial charge on any atom is -0.384 e. The molecule has 5 heterocycles. The molecule has 0 radical (unpaired) electrons. The van der Waals surface area contributed by atoms with Gasteiger partial charge in [-0.25, -0.2) is 4.98 Å². The van der Waals surface area contributed by atoms with E-state index in [2.05, 4.69) is 16.0 Å². The monoisotopic (exact) mass is 387 g/mol. The van der Waals surface area contributed by atoms with Crippen LogP contribution >= 0.6 is 0 Å². The largest absolute Gasteiger partial charge is 0.384 e.